The van der Waals surface area contributed by atoms with Crippen LogP contribution in [0.1, 0.15) is 31.0 Å². The van der Waals surface area contributed by atoms with E-state index < -0.39 is 0 Å². The third kappa shape index (κ3) is 3.76. The first-order chi connectivity index (χ1) is 8.17. The van der Waals surface area contributed by atoms with Crippen molar-refractivity contribution in [1.29, 1.82) is 0 Å². The number of piperidine rings is 1. The van der Waals surface area contributed by atoms with Gasteiger partial charge in [-0.3, -0.25) is 4.90 Å². The van der Waals surface area contributed by atoms with E-state index in [-0.39, 0.29) is 0 Å². The molecule has 1 aliphatic rings. The summed E-state index contributed by atoms with van der Waals surface area (Å²) in [6.07, 6.45) is 2.28. The lowest BCUT2D eigenvalue weighted by Gasteiger charge is -2.34. The Hall–Kier alpha value is -0.450. The summed E-state index contributed by atoms with van der Waals surface area (Å²) >= 11 is 1.75. The number of nitrogens with zero attached hydrogens (tertiary/aromatic N) is 2. The fourth-order valence-corrected chi connectivity index (χ4v) is 3.62. The van der Waals surface area contributed by atoms with Crippen LogP contribution in [0.2, 0.25) is 0 Å². The lowest BCUT2D eigenvalue weighted by molar-refractivity contribution is 0.133. The number of nitrogens with two attached hydrogens (primary N) is 1. The summed E-state index contributed by atoms with van der Waals surface area (Å²) in [5, 5.41) is 3.37. The van der Waals surface area contributed by atoms with E-state index in [9.17, 15) is 0 Å². The van der Waals surface area contributed by atoms with Crippen molar-refractivity contribution in [1.82, 2.24) is 9.88 Å². The Morgan fingerprint density at radius 1 is 1.41 bits per heavy atom. The van der Waals surface area contributed by atoms with Crippen LogP contribution in [0, 0.1) is 11.8 Å². The average Bonchev–Trinajstić information content (AvgIpc) is 2.64. The van der Waals surface area contributed by atoms with Crippen LogP contribution in [0.3, 0.4) is 0 Å². The van der Waals surface area contributed by atoms with E-state index in [4.69, 9.17) is 5.73 Å². The summed E-state index contributed by atoms with van der Waals surface area (Å²) in [5.41, 5.74) is 6.77. The van der Waals surface area contributed by atoms with E-state index in [0.29, 0.717) is 6.54 Å². The molecule has 1 aromatic heterocycles. The van der Waals surface area contributed by atoms with Gasteiger partial charge in [0.05, 0.1) is 10.7 Å². The van der Waals surface area contributed by atoms with Gasteiger partial charge in [0.25, 0.3) is 0 Å². The fraction of sp³-hybridized carbons (Fsp3) is 0.769. The SMILES string of the molecule is CC1CC(C)CN(Cc2csc(CCN)n2)C1. The van der Waals surface area contributed by atoms with Crippen molar-refractivity contribution in [3.63, 3.8) is 0 Å². The molecule has 0 radical (unpaired) electrons. The van der Waals surface area contributed by atoms with Crippen molar-refractivity contribution >= 4 is 11.3 Å². The molecule has 0 saturated carbocycles. The monoisotopic (exact) mass is 253 g/mol. The van der Waals surface area contributed by atoms with Gasteiger partial charge in [-0.15, -0.1) is 11.3 Å². The van der Waals surface area contributed by atoms with Crippen LogP contribution < -0.4 is 5.73 Å². The van der Waals surface area contributed by atoms with Crippen LogP contribution in [-0.4, -0.2) is 29.5 Å². The second kappa shape index (κ2) is 5.94. The van der Waals surface area contributed by atoms with Crippen molar-refractivity contribution in [3.05, 3.63) is 16.1 Å². The molecule has 0 aliphatic carbocycles. The molecule has 1 aliphatic heterocycles. The molecule has 0 spiro atoms. The van der Waals surface area contributed by atoms with E-state index in [0.717, 1.165) is 24.8 Å². The largest absolute Gasteiger partial charge is 0.330 e. The van der Waals surface area contributed by atoms with Gasteiger partial charge >= 0.3 is 0 Å². The Labute approximate surface area is 108 Å². The molecular formula is C13H23N3S. The maximum absolute atomic E-state index is 5.55. The first kappa shape index (κ1) is 13.0. The summed E-state index contributed by atoms with van der Waals surface area (Å²) < 4.78 is 0. The highest BCUT2D eigenvalue weighted by Gasteiger charge is 2.22. The third-order valence-electron chi connectivity index (χ3n) is 3.29. The molecule has 17 heavy (non-hydrogen) atoms. The Balaban J connectivity index is 1.90. The maximum atomic E-state index is 5.55. The van der Waals surface area contributed by atoms with Crippen LogP contribution >= 0.6 is 11.3 Å². The number of likely N-dealkylation sites (tertiary alicyclic amines) is 1. The van der Waals surface area contributed by atoms with Gasteiger partial charge in [0.2, 0.25) is 0 Å². The summed E-state index contributed by atoms with van der Waals surface area (Å²) in [4.78, 5) is 7.18. The Morgan fingerprint density at radius 2 is 2.12 bits per heavy atom. The molecule has 1 aromatic rings. The molecule has 2 N–H and O–H groups in total. The molecule has 1 saturated heterocycles. The van der Waals surface area contributed by atoms with Crippen molar-refractivity contribution in [3.8, 4) is 0 Å². The summed E-state index contributed by atoms with van der Waals surface area (Å²) in [6.45, 7) is 8.84. The Morgan fingerprint density at radius 3 is 2.76 bits per heavy atom. The van der Waals surface area contributed by atoms with Crippen LogP contribution in [0.4, 0.5) is 0 Å². The lowest BCUT2D eigenvalue weighted by atomic mass is 9.92. The van der Waals surface area contributed by atoms with Gasteiger partial charge in [-0.25, -0.2) is 4.98 Å². The summed E-state index contributed by atoms with van der Waals surface area (Å²) in [7, 11) is 0. The predicted molar refractivity (Wildman–Crippen MR) is 73.1 cm³/mol. The zero-order valence-electron chi connectivity index (χ0n) is 10.9. The quantitative estimate of drug-likeness (QED) is 0.894. The second-order valence-corrected chi connectivity index (χ2v) is 6.35. The third-order valence-corrected chi connectivity index (χ3v) is 4.25. The van der Waals surface area contributed by atoms with Crippen molar-refractivity contribution in [2.24, 2.45) is 17.6 Å². The normalized spacial score (nSPS) is 26.3. The van der Waals surface area contributed by atoms with E-state index in [1.54, 1.807) is 11.3 Å². The number of thiazole rings is 1. The van der Waals surface area contributed by atoms with Gasteiger partial charge < -0.3 is 5.73 Å². The van der Waals surface area contributed by atoms with E-state index >= 15 is 0 Å². The highest BCUT2D eigenvalue weighted by molar-refractivity contribution is 7.09. The molecule has 2 heterocycles. The molecule has 96 valence electrons. The topological polar surface area (TPSA) is 42.1 Å². The van der Waals surface area contributed by atoms with Gasteiger partial charge in [0.15, 0.2) is 0 Å². The lowest BCUT2D eigenvalue weighted by Crippen LogP contribution is -2.38. The molecule has 0 bridgehead atoms. The minimum atomic E-state index is 0.699. The number of aromatic nitrogens is 1. The molecule has 3 nitrogen and oxygen atoms in total. The minimum Gasteiger partial charge on any atom is -0.330 e. The zero-order chi connectivity index (χ0) is 12.3. The van der Waals surface area contributed by atoms with Crippen LogP contribution in [0.15, 0.2) is 5.38 Å². The molecule has 2 unspecified atom stereocenters. The van der Waals surface area contributed by atoms with Gasteiger partial charge in [0.1, 0.15) is 0 Å². The maximum Gasteiger partial charge on any atom is 0.0941 e. The summed E-state index contributed by atoms with van der Waals surface area (Å²) in [5.74, 6) is 1.64. The van der Waals surface area contributed by atoms with E-state index in [1.165, 1.54) is 30.2 Å². The molecule has 0 amide bonds. The highest BCUT2D eigenvalue weighted by atomic mass is 32.1. The molecule has 1 fully saturated rings. The molecule has 4 heteroatoms. The minimum absolute atomic E-state index is 0.699. The van der Waals surface area contributed by atoms with Gasteiger partial charge in [-0.05, 0) is 24.8 Å². The second-order valence-electron chi connectivity index (χ2n) is 5.41. The van der Waals surface area contributed by atoms with Gasteiger partial charge in [-0.1, -0.05) is 13.8 Å². The van der Waals surface area contributed by atoms with Crippen LogP contribution in [0.25, 0.3) is 0 Å². The first-order valence-corrected chi connectivity index (χ1v) is 7.41. The smallest absolute Gasteiger partial charge is 0.0941 e. The zero-order valence-corrected chi connectivity index (χ0v) is 11.7. The number of hydrogen-bond acceptors (Lipinski definition) is 4. The first-order valence-electron chi connectivity index (χ1n) is 6.53. The van der Waals surface area contributed by atoms with E-state index in [2.05, 4.69) is 29.1 Å². The van der Waals surface area contributed by atoms with Gasteiger partial charge in [0, 0.05) is 31.4 Å². The van der Waals surface area contributed by atoms with E-state index in [1.807, 2.05) is 0 Å². The molecule has 2 rings (SSSR count). The molecular weight excluding hydrogens is 230 g/mol. The average molecular weight is 253 g/mol. The summed E-state index contributed by atoms with van der Waals surface area (Å²) in [6, 6.07) is 0. The Kier molecular flexibility index (Phi) is 4.54. The van der Waals surface area contributed by atoms with Crippen LogP contribution in [-0.2, 0) is 13.0 Å². The standard InChI is InChI=1S/C13H23N3S/c1-10-5-11(2)7-16(6-10)8-12-9-17-13(15-12)3-4-14/h9-11H,3-8,14H2,1-2H3. The van der Waals surface area contributed by atoms with Crippen LogP contribution in [0.5, 0.6) is 0 Å². The van der Waals surface area contributed by atoms with Gasteiger partial charge in [-0.2, -0.15) is 0 Å². The molecule has 2 atom stereocenters. The number of hydrogen-bond donors (Lipinski definition) is 1. The van der Waals surface area contributed by atoms with Crippen molar-refractivity contribution in [2.45, 2.75) is 33.2 Å². The highest BCUT2D eigenvalue weighted by Crippen LogP contribution is 2.22. The fourth-order valence-electron chi connectivity index (χ4n) is 2.81. The number of rotatable bonds is 4. The predicted octanol–water partition coefficient (Wildman–Crippen LogP) is 2.12. The van der Waals surface area contributed by atoms with Crippen molar-refractivity contribution in [2.75, 3.05) is 19.6 Å². The Bertz CT molecular complexity index is 340. The molecule has 0 aromatic carbocycles. The van der Waals surface area contributed by atoms with Crippen molar-refractivity contribution < 1.29 is 0 Å².